The van der Waals surface area contributed by atoms with Crippen molar-refractivity contribution in [2.24, 2.45) is 0 Å². The lowest BCUT2D eigenvalue weighted by molar-refractivity contribution is -0.289. The molecule has 1 aromatic carbocycles. The SMILES string of the molecule is COC(=N)c1nc2ccc(O[C@]3(C(=O)OC)CC(OC(C)=O)[C@@H](NC(C)=O)C([C@H](OC(C)=O)[C@@H](COC(C)=O)OC(C)=O)O3)cc2s1. The van der Waals surface area contributed by atoms with Crippen LogP contribution in [0.15, 0.2) is 18.2 Å². The summed E-state index contributed by atoms with van der Waals surface area (Å²) in [4.78, 5) is 78.9. The number of hydrogen-bond acceptors (Lipinski definition) is 17. The highest BCUT2D eigenvalue weighted by molar-refractivity contribution is 7.20. The molecule has 3 rings (SSSR count). The molecule has 2 N–H and O–H groups in total. The van der Waals surface area contributed by atoms with Crippen LogP contribution in [0.4, 0.5) is 0 Å². The van der Waals surface area contributed by atoms with Gasteiger partial charge in [-0.1, -0.05) is 0 Å². The number of carbonyl (C=O) groups excluding carboxylic acids is 6. The van der Waals surface area contributed by atoms with Gasteiger partial charge in [-0.2, -0.15) is 0 Å². The van der Waals surface area contributed by atoms with E-state index in [1.165, 1.54) is 19.2 Å². The van der Waals surface area contributed by atoms with Crippen molar-refractivity contribution in [2.45, 2.75) is 77.3 Å². The van der Waals surface area contributed by atoms with Crippen molar-refractivity contribution in [3.63, 3.8) is 0 Å². The van der Waals surface area contributed by atoms with Crippen molar-refractivity contribution in [1.82, 2.24) is 10.3 Å². The van der Waals surface area contributed by atoms with Crippen molar-refractivity contribution in [2.75, 3.05) is 20.8 Å². The average Bonchev–Trinajstić information content (AvgIpc) is 3.41. The standard InChI is InChI=1S/C29H35N3O14S/c1-13(33)31-23-20(42-15(3)35)11-29(28(38)40-7,45-18-8-9-19-22(10-18)47-27(32-19)26(30)39-6)46-25(23)24(44-17(5)37)21(43-16(4)36)12-41-14(2)34/h8-10,20-21,23-25,30H,11-12H2,1-7H3,(H,31,33)/t20?,21-,23-,24-,25?,29-/m1/s1. The van der Waals surface area contributed by atoms with Gasteiger partial charge in [0.1, 0.15) is 24.6 Å². The number of hydrogen-bond donors (Lipinski definition) is 2. The van der Waals surface area contributed by atoms with E-state index in [0.717, 1.165) is 53.1 Å². The number of aromatic nitrogens is 1. The minimum atomic E-state index is -2.43. The Morgan fingerprint density at radius 1 is 1.00 bits per heavy atom. The molecule has 0 radical (unpaired) electrons. The minimum Gasteiger partial charge on any atom is -0.479 e. The summed E-state index contributed by atoms with van der Waals surface area (Å²) in [7, 11) is 2.38. The Morgan fingerprint density at radius 2 is 1.68 bits per heavy atom. The smallest absolute Gasteiger partial charge is 0.379 e. The molecule has 1 aromatic heterocycles. The van der Waals surface area contributed by atoms with Crippen LogP contribution in [0.2, 0.25) is 0 Å². The monoisotopic (exact) mass is 681 g/mol. The highest BCUT2D eigenvalue weighted by Crippen LogP contribution is 2.39. The molecule has 6 atom stereocenters. The van der Waals surface area contributed by atoms with Crippen LogP contribution < -0.4 is 10.1 Å². The summed E-state index contributed by atoms with van der Waals surface area (Å²) >= 11 is 1.10. The maximum atomic E-state index is 13.6. The third kappa shape index (κ3) is 9.35. The number of esters is 5. The van der Waals surface area contributed by atoms with Crippen LogP contribution in [0.1, 0.15) is 46.0 Å². The Bertz CT molecular complexity index is 1540. The number of nitrogens with zero attached hydrogens (tertiary/aromatic N) is 1. The van der Waals surface area contributed by atoms with Crippen LogP contribution in [0.3, 0.4) is 0 Å². The Morgan fingerprint density at radius 3 is 2.23 bits per heavy atom. The number of ether oxygens (including phenoxy) is 8. The van der Waals surface area contributed by atoms with Gasteiger partial charge in [0.15, 0.2) is 17.2 Å². The van der Waals surface area contributed by atoms with E-state index in [1.807, 2.05) is 0 Å². The number of benzene rings is 1. The number of carbonyl (C=O) groups is 6. The average molecular weight is 682 g/mol. The highest BCUT2D eigenvalue weighted by Gasteiger charge is 2.60. The molecule has 1 saturated heterocycles. The molecule has 1 amide bonds. The molecule has 2 aromatic rings. The van der Waals surface area contributed by atoms with E-state index in [0.29, 0.717) is 10.2 Å². The van der Waals surface area contributed by atoms with Crippen LogP contribution in [-0.4, -0.2) is 104 Å². The van der Waals surface area contributed by atoms with E-state index in [-0.39, 0.29) is 16.7 Å². The first-order chi connectivity index (χ1) is 22.1. The Hall–Kier alpha value is -4.84. The second kappa shape index (κ2) is 15.6. The van der Waals surface area contributed by atoms with Gasteiger partial charge >= 0.3 is 35.6 Å². The lowest BCUT2D eigenvalue weighted by Gasteiger charge is -2.48. The second-order valence-corrected chi connectivity index (χ2v) is 11.2. The normalized spacial score (nSPS) is 21.7. The van der Waals surface area contributed by atoms with Gasteiger partial charge in [-0.3, -0.25) is 29.4 Å². The first-order valence-electron chi connectivity index (χ1n) is 14.0. The summed E-state index contributed by atoms with van der Waals surface area (Å²) in [6.07, 6.45) is -6.84. The summed E-state index contributed by atoms with van der Waals surface area (Å²) in [6.45, 7) is 4.80. The maximum Gasteiger partial charge on any atom is 0.379 e. The fourth-order valence-electron chi connectivity index (χ4n) is 4.85. The zero-order valence-corrected chi connectivity index (χ0v) is 27.4. The second-order valence-electron chi connectivity index (χ2n) is 10.2. The Labute approximate surface area is 272 Å². The number of methoxy groups -OCH3 is 2. The predicted molar refractivity (Wildman–Crippen MR) is 159 cm³/mol. The molecule has 47 heavy (non-hydrogen) atoms. The van der Waals surface area contributed by atoms with E-state index >= 15 is 0 Å². The molecule has 0 bridgehead atoms. The lowest BCUT2D eigenvalue weighted by atomic mass is 9.88. The molecule has 1 fully saturated rings. The molecule has 0 saturated carbocycles. The number of amides is 1. The minimum absolute atomic E-state index is 0.0424. The van der Waals surface area contributed by atoms with E-state index < -0.39 is 85.0 Å². The van der Waals surface area contributed by atoms with Crippen molar-refractivity contribution in [3.8, 4) is 5.75 Å². The predicted octanol–water partition coefficient (Wildman–Crippen LogP) is 1.17. The van der Waals surface area contributed by atoms with Gasteiger partial charge in [0.2, 0.25) is 11.8 Å². The summed E-state index contributed by atoms with van der Waals surface area (Å²) in [5.74, 6) is -7.66. The molecular formula is C29H35N3O14S. The van der Waals surface area contributed by atoms with Gasteiger partial charge in [-0.15, -0.1) is 11.3 Å². The number of rotatable bonds is 12. The molecular weight excluding hydrogens is 646 g/mol. The quantitative estimate of drug-likeness (QED) is 0.139. The summed E-state index contributed by atoms with van der Waals surface area (Å²) < 4.78 is 44.5. The Kier molecular flexibility index (Phi) is 12.2. The molecule has 2 heterocycles. The lowest BCUT2D eigenvalue weighted by Crippen LogP contribution is -2.70. The van der Waals surface area contributed by atoms with Crippen molar-refractivity contribution in [3.05, 3.63) is 23.2 Å². The summed E-state index contributed by atoms with van der Waals surface area (Å²) in [6, 6.07) is 3.18. The third-order valence-corrected chi connectivity index (χ3v) is 7.55. The first kappa shape index (κ1) is 36.6. The topological polar surface area (TPSA) is 225 Å². The van der Waals surface area contributed by atoms with Crippen molar-refractivity contribution >= 4 is 63.2 Å². The zero-order valence-electron chi connectivity index (χ0n) is 26.6. The third-order valence-electron chi connectivity index (χ3n) is 6.54. The molecule has 1 aliphatic rings. The van der Waals surface area contributed by atoms with Crippen LogP contribution in [0, 0.1) is 5.41 Å². The molecule has 0 spiro atoms. The van der Waals surface area contributed by atoms with E-state index in [2.05, 4.69) is 10.3 Å². The van der Waals surface area contributed by atoms with Crippen LogP contribution in [0.5, 0.6) is 5.75 Å². The summed E-state index contributed by atoms with van der Waals surface area (Å²) in [5, 5.41) is 10.8. The van der Waals surface area contributed by atoms with Crippen molar-refractivity contribution in [1.29, 1.82) is 5.41 Å². The molecule has 17 nitrogen and oxygen atoms in total. The zero-order chi connectivity index (χ0) is 35.1. The number of fused-ring (bicyclic) bond motifs is 1. The molecule has 256 valence electrons. The van der Waals surface area contributed by atoms with Crippen molar-refractivity contribution < 1.29 is 66.7 Å². The van der Waals surface area contributed by atoms with Gasteiger partial charge < -0.3 is 43.2 Å². The van der Waals surface area contributed by atoms with Crippen LogP contribution >= 0.6 is 11.3 Å². The molecule has 2 unspecified atom stereocenters. The van der Waals surface area contributed by atoms with Gasteiger partial charge in [0.25, 0.3) is 0 Å². The van der Waals surface area contributed by atoms with Gasteiger partial charge in [0, 0.05) is 34.6 Å². The van der Waals surface area contributed by atoms with Crippen LogP contribution in [-0.2, 0) is 61.9 Å². The van der Waals surface area contributed by atoms with Crippen LogP contribution in [0.25, 0.3) is 10.2 Å². The number of thiazole rings is 1. The van der Waals surface area contributed by atoms with Gasteiger partial charge in [0.05, 0.1) is 36.9 Å². The molecule has 0 aliphatic carbocycles. The largest absolute Gasteiger partial charge is 0.479 e. The van der Waals surface area contributed by atoms with E-state index in [1.54, 1.807) is 6.07 Å². The molecule has 1 aliphatic heterocycles. The molecule has 18 heteroatoms. The summed E-state index contributed by atoms with van der Waals surface area (Å²) in [5.41, 5.74) is 0.488. The first-order valence-corrected chi connectivity index (χ1v) is 14.8. The van der Waals surface area contributed by atoms with Gasteiger partial charge in [-0.05, 0) is 18.2 Å². The number of nitrogens with one attached hydrogen (secondary N) is 2. The fraction of sp³-hybridized carbons (Fsp3) is 0.517. The van der Waals surface area contributed by atoms with E-state index in [4.69, 9.17) is 43.3 Å². The van der Waals surface area contributed by atoms with Gasteiger partial charge in [-0.25, -0.2) is 9.78 Å². The Balaban J connectivity index is 2.22. The maximum absolute atomic E-state index is 13.6. The fourth-order valence-corrected chi connectivity index (χ4v) is 5.77. The van der Waals surface area contributed by atoms with E-state index in [9.17, 15) is 28.8 Å². The highest BCUT2D eigenvalue weighted by atomic mass is 32.1.